The average molecular weight is 652 g/mol. The Bertz CT molecular complexity index is 2910. The molecule has 4 heteroatoms. The summed E-state index contributed by atoms with van der Waals surface area (Å²) < 4.78 is 6.52. The summed E-state index contributed by atoms with van der Waals surface area (Å²) in [6.07, 6.45) is 0. The summed E-state index contributed by atoms with van der Waals surface area (Å²) in [6.45, 7) is 0. The van der Waals surface area contributed by atoms with Crippen molar-refractivity contribution in [3.8, 4) is 56.4 Å². The second kappa shape index (κ2) is 11.9. The van der Waals surface area contributed by atoms with Crippen LogP contribution in [-0.2, 0) is 0 Å². The van der Waals surface area contributed by atoms with Gasteiger partial charge in [-0.1, -0.05) is 152 Å². The Kier molecular flexibility index (Phi) is 6.78. The molecule has 238 valence electrons. The number of hydrogen-bond acceptors (Lipinski definition) is 4. The van der Waals surface area contributed by atoms with Gasteiger partial charge in [0.15, 0.2) is 17.5 Å². The molecule has 4 nitrogen and oxygen atoms in total. The molecule has 0 aliphatic carbocycles. The van der Waals surface area contributed by atoms with Crippen LogP contribution in [-0.4, -0.2) is 15.0 Å². The molecule has 0 amide bonds. The summed E-state index contributed by atoms with van der Waals surface area (Å²) in [5.41, 5.74) is 8.95. The van der Waals surface area contributed by atoms with Crippen molar-refractivity contribution in [2.45, 2.75) is 0 Å². The van der Waals surface area contributed by atoms with Gasteiger partial charge in [0.05, 0.1) is 0 Å². The van der Waals surface area contributed by atoms with E-state index in [-0.39, 0.29) is 0 Å². The lowest BCUT2D eigenvalue weighted by Gasteiger charge is -2.11. The second-order valence-corrected chi connectivity index (χ2v) is 12.8. The maximum absolute atomic E-state index is 6.52. The Morgan fingerprint density at radius 2 is 0.784 bits per heavy atom. The summed E-state index contributed by atoms with van der Waals surface area (Å²) in [5, 5.41) is 6.81. The molecular formula is C47H29N3O. The molecular weight excluding hydrogens is 623 g/mol. The van der Waals surface area contributed by atoms with E-state index in [9.17, 15) is 0 Å². The summed E-state index contributed by atoms with van der Waals surface area (Å²) in [6, 6.07) is 61.1. The number of fused-ring (bicyclic) bond motifs is 5. The van der Waals surface area contributed by atoms with Gasteiger partial charge in [0.2, 0.25) is 0 Å². The SMILES string of the molecule is c1ccc(-c2nc(-c3ccc4ccccc4c3)nc(-c3cccc4oc5cccc(-c6ccc(-c7ccc8ccccc8c7)cc6)c5c34)n2)cc1. The first kappa shape index (κ1) is 29.0. The third-order valence-electron chi connectivity index (χ3n) is 9.72. The van der Waals surface area contributed by atoms with Gasteiger partial charge in [0, 0.05) is 27.5 Å². The van der Waals surface area contributed by atoms with Crippen molar-refractivity contribution in [2.24, 2.45) is 0 Å². The fourth-order valence-electron chi connectivity index (χ4n) is 7.17. The summed E-state index contributed by atoms with van der Waals surface area (Å²) >= 11 is 0. The van der Waals surface area contributed by atoms with E-state index in [1.165, 1.54) is 27.3 Å². The van der Waals surface area contributed by atoms with Gasteiger partial charge >= 0.3 is 0 Å². The van der Waals surface area contributed by atoms with Gasteiger partial charge in [-0.05, 0) is 68.1 Å². The minimum absolute atomic E-state index is 0.599. The molecule has 0 fully saturated rings. The van der Waals surface area contributed by atoms with Crippen LogP contribution in [0.3, 0.4) is 0 Å². The van der Waals surface area contributed by atoms with E-state index >= 15 is 0 Å². The molecule has 0 spiro atoms. The minimum Gasteiger partial charge on any atom is -0.456 e. The summed E-state index contributed by atoms with van der Waals surface area (Å²) in [5.74, 6) is 1.85. The standard InChI is InChI=1S/C47H29N3O/c1-2-12-34(13-3-1)45-48-46(38-27-23-31-11-5-7-15-36(31)29-38)50-47(49-45)40-17-9-19-42-44(40)43-39(16-8-18-41(43)51-42)33-24-20-32(21-25-33)37-26-22-30-10-4-6-14-35(30)28-37/h1-29H. The molecule has 0 aliphatic heterocycles. The molecule has 10 rings (SSSR count). The van der Waals surface area contributed by atoms with E-state index < -0.39 is 0 Å². The molecule has 51 heavy (non-hydrogen) atoms. The quantitative estimate of drug-likeness (QED) is 0.186. The van der Waals surface area contributed by atoms with Crippen LogP contribution in [0.25, 0.3) is 99.9 Å². The van der Waals surface area contributed by atoms with Gasteiger partial charge in [0.1, 0.15) is 11.2 Å². The Morgan fingerprint density at radius 3 is 1.47 bits per heavy atom. The van der Waals surface area contributed by atoms with Crippen molar-refractivity contribution < 1.29 is 4.42 Å². The van der Waals surface area contributed by atoms with E-state index in [1.807, 2.05) is 48.5 Å². The molecule has 2 heterocycles. The van der Waals surface area contributed by atoms with E-state index in [2.05, 4.69) is 127 Å². The topological polar surface area (TPSA) is 51.8 Å². The average Bonchev–Trinajstić information content (AvgIpc) is 3.60. The molecule has 0 saturated heterocycles. The highest BCUT2D eigenvalue weighted by atomic mass is 16.3. The molecule has 0 saturated carbocycles. The van der Waals surface area contributed by atoms with Crippen LogP contribution >= 0.6 is 0 Å². The molecule has 10 aromatic rings. The first-order chi connectivity index (χ1) is 25.2. The molecule has 0 bridgehead atoms. The van der Waals surface area contributed by atoms with E-state index in [0.29, 0.717) is 17.5 Å². The van der Waals surface area contributed by atoms with E-state index in [0.717, 1.165) is 55.1 Å². The number of furan rings is 1. The minimum atomic E-state index is 0.599. The summed E-state index contributed by atoms with van der Waals surface area (Å²) in [4.78, 5) is 15.3. The van der Waals surface area contributed by atoms with Crippen LogP contribution in [0.15, 0.2) is 180 Å². The van der Waals surface area contributed by atoms with Gasteiger partial charge in [-0.15, -0.1) is 0 Å². The van der Waals surface area contributed by atoms with Gasteiger partial charge in [-0.3, -0.25) is 0 Å². The lowest BCUT2D eigenvalue weighted by Crippen LogP contribution is -2.00. The van der Waals surface area contributed by atoms with Gasteiger partial charge < -0.3 is 4.42 Å². The maximum Gasteiger partial charge on any atom is 0.164 e. The molecule has 0 aliphatic rings. The number of rotatable bonds is 5. The molecule has 0 atom stereocenters. The van der Waals surface area contributed by atoms with Crippen molar-refractivity contribution in [2.75, 3.05) is 0 Å². The van der Waals surface area contributed by atoms with Gasteiger partial charge in [-0.25, -0.2) is 15.0 Å². The Hall–Kier alpha value is -6.91. The fourth-order valence-corrected chi connectivity index (χ4v) is 7.17. The van der Waals surface area contributed by atoms with E-state index in [4.69, 9.17) is 19.4 Å². The van der Waals surface area contributed by atoms with Crippen molar-refractivity contribution in [1.82, 2.24) is 15.0 Å². The first-order valence-corrected chi connectivity index (χ1v) is 17.1. The Balaban J connectivity index is 1.14. The van der Waals surface area contributed by atoms with Crippen molar-refractivity contribution in [3.05, 3.63) is 176 Å². The zero-order chi connectivity index (χ0) is 33.7. The van der Waals surface area contributed by atoms with E-state index in [1.54, 1.807) is 0 Å². The third kappa shape index (κ3) is 5.13. The number of nitrogens with zero attached hydrogens (tertiary/aromatic N) is 3. The second-order valence-electron chi connectivity index (χ2n) is 12.8. The normalized spacial score (nSPS) is 11.5. The van der Waals surface area contributed by atoms with Crippen LogP contribution < -0.4 is 0 Å². The number of hydrogen-bond donors (Lipinski definition) is 0. The zero-order valence-corrected chi connectivity index (χ0v) is 27.5. The zero-order valence-electron chi connectivity index (χ0n) is 27.5. The molecule has 8 aromatic carbocycles. The predicted molar refractivity (Wildman–Crippen MR) is 209 cm³/mol. The molecule has 0 N–H and O–H groups in total. The van der Waals surface area contributed by atoms with Crippen molar-refractivity contribution in [1.29, 1.82) is 0 Å². The van der Waals surface area contributed by atoms with Gasteiger partial charge in [-0.2, -0.15) is 0 Å². The van der Waals surface area contributed by atoms with Crippen LogP contribution in [0.2, 0.25) is 0 Å². The molecule has 0 unspecified atom stereocenters. The predicted octanol–water partition coefficient (Wildman–Crippen LogP) is 12.4. The van der Waals surface area contributed by atoms with Crippen LogP contribution in [0.5, 0.6) is 0 Å². The monoisotopic (exact) mass is 651 g/mol. The third-order valence-corrected chi connectivity index (χ3v) is 9.72. The Labute approximate surface area is 294 Å². The number of aromatic nitrogens is 3. The lowest BCUT2D eigenvalue weighted by molar-refractivity contribution is 0.669. The molecule has 0 radical (unpaired) electrons. The first-order valence-electron chi connectivity index (χ1n) is 17.1. The van der Waals surface area contributed by atoms with Crippen molar-refractivity contribution in [3.63, 3.8) is 0 Å². The number of benzene rings is 8. The van der Waals surface area contributed by atoms with Crippen LogP contribution in [0.1, 0.15) is 0 Å². The van der Waals surface area contributed by atoms with Crippen LogP contribution in [0, 0.1) is 0 Å². The smallest absolute Gasteiger partial charge is 0.164 e. The lowest BCUT2D eigenvalue weighted by atomic mass is 9.95. The highest BCUT2D eigenvalue weighted by Gasteiger charge is 2.20. The highest BCUT2D eigenvalue weighted by Crippen LogP contribution is 2.42. The fraction of sp³-hybridized carbons (Fsp3) is 0. The maximum atomic E-state index is 6.52. The highest BCUT2D eigenvalue weighted by molar-refractivity contribution is 6.17. The largest absolute Gasteiger partial charge is 0.456 e. The Morgan fingerprint density at radius 1 is 0.294 bits per heavy atom. The van der Waals surface area contributed by atoms with Gasteiger partial charge in [0.25, 0.3) is 0 Å². The summed E-state index contributed by atoms with van der Waals surface area (Å²) in [7, 11) is 0. The van der Waals surface area contributed by atoms with Crippen molar-refractivity contribution >= 4 is 43.5 Å². The van der Waals surface area contributed by atoms with Crippen LogP contribution in [0.4, 0.5) is 0 Å². The molecule has 2 aromatic heterocycles.